The average molecular weight is 342 g/mol. The molecule has 6 nitrogen and oxygen atoms in total. The second-order valence-corrected chi connectivity index (χ2v) is 7.26. The molecule has 0 spiro atoms. The topological polar surface area (TPSA) is 64.7 Å². The maximum Gasteiger partial charge on any atom is 0.317 e. The SMILES string of the molecule is O=C(NCc1ccc2c(c1)CCC2)N1CCC(N2CCNC2=O)CC1. The van der Waals surface area contributed by atoms with Gasteiger partial charge in [-0.25, -0.2) is 9.59 Å². The van der Waals surface area contributed by atoms with Gasteiger partial charge in [-0.15, -0.1) is 0 Å². The van der Waals surface area contributed by atoms with E-state index in [1.165, 1.54) is 29.5 Å². The van der Waals surface area contributed by atoms with Gasteiger partial charge in [-0.3, -0.25) is 0 Å². The van der Waals surface area contributed by atoms with Crippen LogP contribution in [0.2, 0.25) is 0 Å². The van der Waals surface area contributed by atoms with Crippen LogP contribution in [0, 0.1) is 0 Å². The Kier molecular flexibility index (Phi) is 4.51. The van der Waals surface area contributed by atoms with Crippen molar-refractivity contribution < 1.29 is 9.59 Å². The van der Waals surface area contributed by atoms with Gasteiger partial charge in [-0.1, -0.05) is 18.2 Å². The summed E-state index contributed by atoms with van der Waals surface area (Å²) in [4.78, 5) is 28.0. The third kappa shape index (κ3) is 3.43. The number of urea groups is 2. The van der Waals surface area contributed by atoms with Crippen molar-refractivity contribution in [3.63, 3.8) is 0 Å². The Hall–Kier alpha value is -2.24. The molecule has 0 atom stereocenters. The molecule has 0 radical (unpaired) electrons. The van der Waals surface area contributed by atoms with Crippen LogP contribution in [0.3, 0.4) is 0 Å². The summed E-state index contributed by atoms with van der Waals surface area (Å²) in [5.41, 5.74) is 4.08. The van der Waals surface area contributed by atoms with Gasteiger partial charge in [-0.2, -0.15) is 0 Å². The fraction of sp³-hybridized carbons (Fsp3) is 0.579. The Morgan fingerprint density at radius 1 is 1.16 bits per heavy atom. The summed E-state index contributed by atoms with van der Waals surface area (Å²) in [5.74, 6) is 0. The van der Waals surface area contributed by atoms with Crippen LogP contribution >= 0.6 is 0 Å². The van der Waals surface area contributed by atoms with Crippen LogP contribution < -0.4 is 10.6 Å². The fourth-order valence-corrected chi connectivity index (χ4v) is 4.24. The van der Waals surface area contributed by atoms with Gasteiger partial charge in [0.25, 0.3) is 0 Å². The van der Waals surface area contributed by atoms with Crippen molar-refractivity contribution in [1.82, 2.24) is 20.4 Å². The molecule has 2 fully saturated rings. The normalized spacial score (nSPS) is 20.6. The summed E-state index contributed by atoms with van der Waals surface area (Å²) in [6.07, 6.45) is 5.31. The average Bonchev–Trinajstić information content (AvgIpc) is 3.28. The lowest BCUT2D eigenvalue weighted by atomic mass is 10.0. The number of amides is 4. The quantitative estimate of drug-likeness (QED) is 0.881. The van der Waals surface area contributed by atoms with E-state index in [-0.39, 0.29) is 18.1 Å². The van der Waals surface area contributed by atoms with Gasteiger partial charge in [0.15, 0.2) is 0 Å². The van der Waals surface area contributed by atoms with Crippen LogP contribution in [0.25, 0.3) is 0 Å². The van der Waals surface area contributed by atoms with E-state index in [9.17, 15) is 9.59 Å². The Morgan fingerprint density at radius 2 is 1.96 bits per heavy atom. The van der Waals surface area contributed by atoms with Gasteiger partial charge >= 0.3 is 12.1 Å². The molecule has 6 heteroatoms. The van der Waals surface area contributed by atoms with E-state index < -0.39 is 0 Å². The zero-order chi connectivity index (χ0) is 17.2. The molecule has 0 bridgehead atoms. The molecule has 0 saturated carbocycles. The number of aryl methyl sites for hydroxylation is 2. The first-order chi connectivity index (χ1) is 12.2. The number of benzene rings is 1. The van der Waals surface area contributed by atoms with Crippen LogP contribution in [-0.2, 0) is 19.4 Å². The lowest BCUT2D eigenvalue weighted by molar-refractivity contribution is 0.141. The van der Waals surface area contributed by atoms with Gasteiger partial charge in [0, 0.05) is 38.8 Å². The third-order valence-electron chi connectivity index (χ3n) is 5.69. The van der Waals surface area contributed by atoms with E-state index in [0.717, 1.165) is 32.4 Å². The number of piperidine rings is 1. The molecular weight excluding hydrogens is 316 g/mol. The lowest BCUT2D eigenvalue weighted by Crippen LogP contribution is -2.50. The molecule has 4 amide bonds. The Bertz CT molecular complexity index is 667. The molecule has 25 heavy (non-hydrogen) atoms. The largest absolute Gasteiger partial charge is 0.336 e. The van der Waals surface area contributed by atoms with Crippen molar-refractivity contribution >= 4 is 12.1 Å². The second kappa shape index (κ2) is 6.94. The lowest BCUT2D eigenvalue weighted by Gasteiger charge is -2.36. The van der Waals surface area contributed by atoms with Gasteiger partial charge in [0.05, 0.1) is 0 Å². The maximum absolute atomic E-state index is 12.4. The van der Waals surface area contributed by atoms with Crippen LogP contribution in [0.15, 0.2) is 18.2 Å². The highest BCUT2D eigenvalue weighted by atomic mass is 16.2. The highest BCUT2D eigenvalue weighted by Crippen LogP contribution is 2.23. The van der Waals surface area contributed by atoms with Crippen molar-refractivity contribution in [2.75, 3.05) is 26.2 Å². The Morgan fingerprint density at radius 3 is 2.72 bits per heavy atom. The van der Waals surface area contributed by atoms with Crippen molar-refractivity contribution in [3.8, 4) is 0 Å². The zero-order valence-electron chi connectivity index (χ0n) is 14.6. The van der Waals surface area contributed by atoms with Crippen LogP contribution in [0.4, 0.5) is 9.59 Å². The van der Waals surface area contributed by atoms with E-state index >= 15 is 0 Å². The van der Waals surface area contributed by atoms with Crippen molar-refractivity contribution in [2.45, 2.75) is 44.7 Å². The minimum atomic E-state index is 0.00446. The first-order valence-corrected chi connectivity index (χ1v) is 9.38. The number of fused-ring (bicyclic) bond motifs is 1. The number of likely N-dealkylation sites (tertiary alicyclic amines) is 1. The molecule has 0 unspecified atom stereocenters. The molecule has 134 valence electrons. The number of nitrogens with zero attached hydrogens (tertiary/aromatic N) is 2. The van der Waals surface area contributed by atoms with E-state index in [1.54, 1.807) is 0 Å². The molecule has 2 saturated heterocycles. The highest BCUT2D eigenvalue weighted by Gasteiger charge is 2.31. The summed E-state index contributed by atoms with van der Waals surface area (Å²) in [6, 6.07) is 6.88. The summed E-state index contributed by atoms with van der Waals surface area (Å²) in [7, 11) is 0. The number of hydrogen-bond donors (Lipinski definition) is 2. The number of carbonyl (C=O) groups is 2. The third-order valence-corrected chi connectivity index (χ3v) is 5.69. The van der Waals surface area contributed by atoms with Crippen molar-refractivity contribution in [3.05, 3.63) is 34.9 Å². The molecule has 1 aromatic rings. The maximum atomic E-state index is 12.4. The number of carbonyl (C=O) groups excluding carboxylic acids is 2. The molecule has 4 rings (SSSR count). The minimum Gasteiger partial charge on any atom is -0.336 e. The number of nitrogens with one attached hydrogen (secondary N) is 2. The molecular formula is C19H26N4O2. The van der Waals surface area contributed by atoms with Gasteiger partial charge in [0.2, 0.25) is 0 Å². The van der Waals surface area contributed by atoms with E-state index in [1.807, 2.05) is 9.80 Å². The molecule has 2 aliphatic heterocycles. The van der Waals surface area contributed by atoms with E-state index in [4.69, 9.17) is 0 Å². The van der Waals surface area contributed by atoms with Gasteiger partial charge < -0.3 is 20.4 Å². The number of hydrogen-bond acceptors (Lipinski definition) is 2. The standard InChI is InChI=1S/C19H26N4O2/c24-18(21-13-14-4-5-15-2-1-3-16(15)12-14)22-9-6-17(7-10-22)23-11-8-20-19(23)25/h4-5,12,17H,1-3,6-11,13H2,(H,20,25)(H,21,24). The van der Waals surface area contributed by atoms with Crippen molar-refractivity contribution in [1.29, 1.82) is 0 Å². The first kappa shape index (κ1) is 16.2. The van der Waals surface area contributed by atoms with E-state index in [0.29, 0.717) is 19.6 Å². The molecule has 0 aromatic heterocycles. The summed E-state index contributed by atoms with van der Waals surface area (Å²) < 4.78 is 0. The Labute approximate surface area is 148 Å². The van der Waals surface area contributed by atoms with Crippen LogP contribution in [-0.4, -0.2) is 54.1 Å². The van der Waals surface area contributed by atoms with Crippen molar-refractivity contribution in [2.24, 2.45) is 0 Å². The summed E-state index contributed by atoms with van der Waals surface area (Å²) in [5, 5.41) is 5.90. The molecule has 1 aliphatic carbocycles. The predicted octanol–water partition coefficient (Wildman–Crippen LogP) is 1.87. The first-order valence-electron chi connectivity index (χ1n) is 9.38. The summed E-state index contributed by atoms with van der Waals surface area (Å²) in [6.45, 7) is 3.53. The van der Waals surface area contributed by atoms with Crippen LogP contribution in [0.5, 0.6) is 0 Å². The smallest absolute Gasteiger partial charge is 0.317 e. The Balaban J connectivity index is 1.26. The minimum absolute atomic E-state index is 0.00446. The zero-order valence-corrected chi connectivity index (χ0v) is 14.6. The van der Waals surface area contributed by atoms with E-state index in [2.05, 4.69) is 28.8 Å². The predicted molar refractivity (Wildman–Crippen MR) is 95.4 cm³/mol. The summed E-state index contributed by atoms with van der Waals surface area (Å²) >= 11 is 0. The highest BCUT2D eigenvalue weighted by molar-refractivity contribution is 5.77. The molecule has 2 N–H and O–H groups in total. The molecule has 3 aliphatic rings. The fourth-order valence-electron chi connectivity index (χ4n) is 4.24. The van der Waals surface area contributed by atoms with Gasteiger partial charge in [-0.05, 0) is 48.8 Å². The molecule has 2 heterocycles. The van der Waals surface area contributed by atoms with Crippen LogP contribution in [0.1, 0.15) is 36.0 Å². The monoisotopic (exact) mass is 342 g/mol. The number of rotatable bonds is 3. The van der Waals surface area contributed by atoms with Gasteiger partial charge in [0.1, 0.15) is 0 Å². The second-order valence-electron chi connectivity index (χ2n) is 7.26. The molecule has 1 aromatic carbocycles.